The Morgan fingerprint density at radius 1 is 1.41 bits per heavy atom. The van der Waals surface area contributed by atoms with Crippen LogP contribution in [-0.4, -0.2) is 12.7 Å². The van der Waals surface area contributed by atoms with Crippen molar-refractivity contribution in [3.63, 3.8) is 0 Å². The van der Waals surface area contributed by atoms with E-state index in [0.29, 0.717) is 6.42 Å². The average Bonchev–Trinajstić information content (AvgIpc) is 2.62. The maximum absolute atomic E-state index is 12.1. The molecule has 98 valence electrons. The standard InChI is InChI=1S/C12H18F3NO/c1-3-16-11(5-4-6-12(13,14)15)10-7-9(2)17-8-10/h7-8,11,16H,3-6H2,1-2H3. The molecule has 1 N–H and O–H groups in total. The maximum atomic E-state index is 12.1. The van der Waals surface area contributed by atoms with E-state index in [9.17, 15) is 13.2 Å². The Morgan fingerprint density at radius 2 is 2.12 bits per heavy atom. The van der Waals surface area contributed by atoms with Gasteiger partial charge in [0.1, 0.15) is 5.76 Å². The van der Waals surface area contributed by atoms with Gasteiger partial charge in [-0.3, -0.25) is 0 Å². The highest BCUT2D eigenvalue weighted by molar-refractivity contribution is 5.16. The third-order valence-corrected chi connectivity index (χ3v) is 2.56. The van der Waals surface area contributed by atoms with E-state index in [1.54, 1.807) is 6.26 Å². The molecule has 1 rings (SSSR count). The zero-order valence-corrected chi connectivity index (χ0v) is 10.1. The van der Waals surface area contributed by atoms with Crippen LogP contribution in [0.5, 0.6) is 0 Å². The second-order valence-corrected chi connectivity index (χ2v) is 4.11. The van der Waals surface area contributed by atoms with Crippen molar-refractivity contribution < 1.29 is 17.6 Å². The molecule has 1 heterocycles. The van der Waals surface area contributed by atoms with Crippen molar-refractivity contribution in [2.24, 2.45) is 0 Å². The molecule has 0 amide bonds. The molecule has 1 aromatic heterocycles. The lowest BCUT2D eigenvalue weighted by Gasteiger charge is -2.16. The highest BCUT2D eigenvalue weighted by Gasteiger charge is 2.27. The third kappa shape index (κ3) is 5.26. The highest BCUT2D eigenvalue weighted by atomic mass is 19.4. The molecule has 0 spiro atoms. The topological polar surface area (TPSA) is 25.2 Å². The summed E-state index contributed by atoms with van der Waals surface area (Å²) in [5.41, 5.74) is 0.923. The highest BCUT2D eigenvalue weighted by Crippen LogP contribution is 2.27. The Kier molecular flexibility index (Phi) is 5.05. The Bertz CT molecular complexity index is 333. The molecular weight excluding hydrogens is 231 g/mol. The quantitative estimate of drug-likeness (QED) is 0.825. The van der Waals surface area contributed by atoms with Crippen LogP contribution in [0.2, 0.25) is 0 Å². The first-order valence-electron chi connectivity index (χ1n) is 5.77. The zero-order valence-electron chi connectivity index (χ0n) is 10.1. The lowest BCUT2D eigenvalue weighted by atomic mass is 10.0. The Morgan fingerprint density at radius 3 is 2.59 bits per heavy atom. The van der Waals surface area contributed by atoms with Gasteiger partial charge in [-0.05, 0) is 32.4 Å². The van der Waals surface area contributed by atoms with Crippen molar-refractivity contribution in [1.29, 1.82) is 0 Å². The zero-order chi connectivity index (χ0) is 12.9. The van der Waals surface area contributed by atoms with Crippen molar-refractivity contribution in [3.8, 4) is 0 Å². The number of nitrogens with one attached hydrogen (secondary N) is 1. The van der Waals surface area contributed by atoms with Crippen molar-refractivity contribution in [3.05, 3.63) is 23.7 Å². The Labute approximate surface area is 99.2 Å². The van der Waals surface area contributed by atoms with Crippen LogP contribution < -0.4 is 5.32 Å². The van der Waals surface area contributed by atoms with Gasteiger partial charge >= 0.3 is 6.18 Å². The first-order chi connectivity index (χ1) is 7.92. The molecule has 1 aromatic rings. The van der Waals surface area contributed by atoms with Crippen molar-refractivity contribution in [2.75, 3.05) is 6.54 Å². The largest absolute Gasteiger partial charge is 0.469 e. The lowest BCUT2D eigenvalue weighted by molar-refractivity contribution is -0.135. The van der Waals surface area contributed by atoms with Gasteiger partial charge in [-0.2, -0.15) is 13.2 Å². The summed E-state index contributed by atoms with van der Waals surface area (Å²) in [6, 6.07) is 1.81. The maximum Gasteiger partial charge on any atom is 0.389 e. The number of furan rings is 1. The summed E-state index contributed by atoms with van der Waals surface area (Å²) >= 11 is 0. The van der Waals surface area contributed by atoms with Gasteiger partial charge in [0.2, 0.25) is 0 Å². The van der Waals surface area contributed by atoms with Crippen LogP contribution in [0.4, 0.5) is 13.2 Å². The van der Waals surface area contributed by atoms with Crippen LogP contribution >= 0.6 is 0 Å². The first-order valence-corrected chi connectivity index (χ1v) is 5.77. The molecule has 0 aliphatic heterocycles. The Hall–Kier alpha value is -0.970. The number of rotatable bonds is 6. The van der Waals surface area contributed by atoms with Crippen LogP contribution in [0.15, 0.2) is 16.7 Å². The molecule has 1 unspecified atom stereocenters. The molecule has 0 aliphatic rings. The number of alkyl halides is 3. The van der Waals surface area contributed by atoms with Gasteiger partial charge in [-0.15, -0.1) is 0 Å². The van der Waals surface area contributed by atoms with Gasteiger partial charge < -0.3 is 9.73 Å². The summed E-state index contributed by atoms with van der Waals surface area (Å²) in [6.45, 7) is 4.48. The molecule has 17 heavy (non-hydrogen) atoms. The van der Waals surface area contributed by atoms with Crippen molar-refractivity contribution in [2.45, 2.75) is 45.3 Å². The van der Waals surface area contributed by atoms with Gasteiger partial charge in [0, 0.05) is 18.0 Å². The van der Waals surface area contributed by atoms with E-state index >= 15 is 0 Å². The van der Waals surface area contributed by atoms with Crippen LogP contribution in [0, 0.1) is 6.92 Å². The van der Waals surface area contributed by atoms with E-state index in [1.165, 1.54) is 0 Å². The second-order valence-electron chi connectivity index (χ2n) is 4.11. The smallest absolute Gasteiger partial charge is 0.389 e. The SMILES string of the molecule is CCNC(CCCC(F)(F)F)c1coc(C)c1. The molecule has 5 heteroatoms. The summed E-state index contributed by atoms with van der Waals surface area (Å²) in [6.07, 6.45) is -2.59. The molecule has 0 aromatic carbocycles. The minimum atomic E-state index is -4.07. The fourth-order valence-electron chi connectivity index (χ4n) is 1.79. The van der Waals surface area contributed by atoms with Crippen LogP contribution in [-0.2, 0) is 0 Å². The monoisotopic (exact) mass is 249 g/mol. The number of hydrogen-bond acceptors (Lipinski definition) is 2. The van der Waals surface area contributed by atoms with Gasteiger partial charge in [0.25, 0.3) is 0 Å². The molecular formula is C12H18F3NO. The predicted molar refractivity (Wildman–Crippen MR) is 59.8 cm³/mol. The summed E-state index contributed by atoms with van der Waals surface area (Å²) < 4.78 is 41.4. The Balaban J connectivity index is 2.49. The molecule has 0 saturated carbocycles. The molecule has 0 fully saturated rings. The van der Waals surface area contributed by atoms with Crippen molar-refractivity contribution >= 4 is 0 Å². The van der Waals surface area contributed by atoms with E-state index in [1.807, 2.05) is 19.9 Å². The van der Waals surface area contributed by atoms with E-state index in [2.05, 4.69) is 5.32 Å². The number of hydrogen-bond donors (Lipinski definition) is 1. The van der Waals surface area contributed by atoms with Gasteiger partial charge in [-0.1, -0.05) is 6.92 Å². The molecule has 2 nitrogen and oxygen atoms in total. The second kappa shape index (κ2) is 6.10. The lowest BCUT2D eigenvalue weighted by Crippen LogP contribution is -2.21. The van der Waals surface area contributed by atoms with Crippen LogP contribution in [0.25, 0.3) is 0 Å². The van der Waals surface area contributed by atoms with E-state index in [0.717, 1.165) is 17.9 Å². The van der Waals surface area contributed by atoms with Gasteiger partial charge in [0.05, 0.1) is 6.26 Å². The number of aryl methyl sites for hydroxylation is 1. The molecule has 0 radical (unpaired) electrons. The minimum Gasteiger partial charge on any atom is -0.469 e. The fraction of sp³-hybridized carbons (Fsp3) is 0.667. The van der Waals surface area contributed by atoms with E-state index in [-0.39, 0.29) is 12.5 Å². The normalized spacial score (nSPS) is 13.9. The molecule has 1 atom stereocenters. The van der Waals surface area contributed by atoms with Gasteiger partial charge in [0.15, 0.2) is 0 Å². The fourth-order valence-corrected chi connectivity index (χ4v) is 1.79. The summed E-state index contributed by atoms with van der Waals surface area (Å²) in [5.74, 6) is 0.777. The minimum absolute atomic E-state index is 0.0557. The molecule has 0 saturated heterocycles. The number of halogens is 3. The summed E-state index contributed by atoms with van der Waals surface area (Å²) in [5, 5.41) is 3.17. The summed E-state index contributed by atoms with van der Waals surface area (Å²) in [4.78, 5) is 0. The third-order valence-electron chi connectivity index (χ3n) is 2.56. The van der Waals surface area contributed by atoms with Crippen molar-refractivity contribution in [1.82, 2.24) is 5.32 Å². The molecule has 0 bridgehead atoms. The van der Waals surface area contributed by atoms with E-state index in [4.69, 9.17) is 4.42 Å². The molecule has 0 aliphatic carbocycles. The van der Waals surface area contributed by atoms with Crippen LogP contribution in [0.3, 0.4) is 0 Å². The average molecular weight is 249 g/mol. The predicted octanol–water partition coefficient (Wildman–Crippen LogP) is 3.97. The first kappa shape index (κ1) is 14.1. The van der Waals surface area contributed by atoms with E-state index < -0.39 is 12.6 Å². The van der Waals surface area contributed by atoms with Crippen LogP contribution in [0.1, 0.15) is 43.6 Å². The van der Waals surface area contributed by atoms with Gasteiger partial charge in [-0.25, -0.2) is 0 Å². The summed E-state index contributed by atoms with van der Waals surface area (Å²) in [7, 11) is 0.